The zero-order valence-electron chi connectivity index (χ0n) is 13.3. The predicted molar refractivity (Wildman–Crippen MR) is 103 cm³/mol. The lowest BCUT2D eigenvalue weighted by Crippen LogP contribution is -2.29. The van der Waals surface area contributed by atoms with Gasteiger partial charge < -0.3 is 0 Å². The Morgan fingerprint density at radius 3 is 2.65 bits per heavy atom. The minimum Gasteiger partial charge on any atom is -0.282 e. The number of rotatable bonds is 5. The molecule has 1 aromatic carbocycles. The van der Waals surface area contributed by atoms with Crippen LogP contribution in [-0.4, -0.2) is 30.9 Å². The molecule has 2 aromatic rings. The largest absolute Gasteiger partial charge is 0.294 e. The summed E-state index contributed by atoms with van der Waals surface area (Å²) in [6.07, 6.45) is 2.86. The van der Waals surface area contributed by atoms with E-state index >= 15 is 0 Å². The number of nitrogens with zero attached hydrogens (tertiary/aromatic N) is 2. The Morgan fingerprint density at radius 2 is 2.00 bits per heavy atom. The minimum absolute atomic E-state index is 0.0193. The summed E-state index contributed by atoms with van der Waals surface area (Å²) in [7, 11) is -3.92. The third-order valence-electron chi connectivity index (χ3n) is 3.34. The van der Waals surface area contributed by atoms with Crippen molar-refractivity contribution in [3.63, 3.8) is 0 Å². The Bertz CT molecular complexity index is 1010. The van der Waals surface area contributed by atoms with Crippen molar-refractivity contribution in [3.05, 3.63) is 70.7 Å². The monoisotopic (exact) mass is 408 g/mol. The maximum absolute atomic E-state index is 13.8. The van der Waals surface area contributed by atoms with E-state index in [4.69, 9.17) is 0 Å². The maximum atomic E-state index is 13.8. The normalized spacial score (nSPS) is 18.0. The molecule has 1 aliphatic rings. The molecule has 26 heavy (non-hydrogen) atoms. The zero-order chi connectivity index (χ0) is 18.7. The van der Waals surface area contributed by atoms with Gasteiger partial charge in [0.15, 0.2) is 5.17 Å². The first-order chi connectivity index (χ1) is 12.4. The second-order valence-electron chi connectivity index (χ2n) is 5.12. The quantitative estimate of drug-likeness (QED) is 0.558. The molecule has 0 aliphatic carbocycles. The number of carbonyl (C=O) groups is 1. The molecule has 0 saturated carbocycles. The highest BCUT2D eigenvalue weighted by Crippen LogP contribution is 2.34. The molecular formula is C17H13FN2O3S3. The van der Waals surface area contributed by atoms with Gasteiger partial charge in [-0.1, -0.05) is 30.3 Å². The molecule has 0 unspecified atom stereocenters. The van der Waals surface area contributed by atoms with Gasteiger partial charge in [-0.2, -0.15) is 8.42 Å². The van der Waals surface area contributed by atoms with Crippen LogP contribution in [-0.2, 0) is 14.8 Å². The highest BCUT2D eigenvalue weighted by atomic mass is 32.2. The van der Waals surface area contributed by atoms with E-state index in [1.54, 1.807) is 23.6 Å². The van der Waals surface area contributed by atoms with E-state index in [0.29, 0.717) is 0 Å². The summed E-state index contributed by atoms with van der Waals surface area (Å²) >= 11 is 1.93. The van der Waals surface area contributed by atoms with Gasteiger partial charge in [-0.3, -0.25) is 9.69 Å². The van der Waals surface area contributed by atoms with Crippen LogP contribution in [0.5, 0.6) is 0 Å². The van der Waals surface area contributed by atoms with Crippen LogP contribution in [0, 0.1) is 5.82 Å². The van der Waals surface area contributed by atoms with Crippen molar-refractivity contribution in [3.8, 4) is 0 Å². The molecule has 5 nitrogen and oxygen atoms in total. The van der Waals surface area contributed by atoms with E-state index in [0.717, 1.165) is 23.1 Å². The molecule has 0 atom stereocenters. The van der Waals surface area contributed by atoms with Crippen molar-refractivity contribution in [1.82, 2.24) is 4.90 Å². The topological polar surface area (TPSA) is 66.8 Å². The highest BCUT2D eigenvalue weighted by molar-refractivity contribution is 8.19. The fourth-order valence-electron chi connectivity index (χ4n) is 2.16. The van der Waals surface area contributed by atoms with Crippen LogP contribution in [0.1, 0.15) is 5.56 Å². The second-order valence-corrected chi connectivity index (χ2v) is 8.91. The Balaban J connectivity index is 2.01. The highest BCUT2D eigenvalue weighted by Gasteiger charge is 2.34. The molecule has 3 rings (SSSR count). The average molecular weight is 409 g/mol. The van der Waals surface area contributed by atoms with E-state index in [9.17, 15) is 17.6 Å². The Kier molecular flexibility index (Phi) is 5.40. The molecule has 0 spiro atoms. The van der Waals surface area contributed by atoms with Crippen molar-refractivity contribution in [2.45, 2.75) is 4.21 Å². The third-order valence-corrected chi connectivity index (χ3v) is 7.10. The molecular weight excluding hydrogens is 395 g/mol. The molecule has 2 heterocycles. The lowest BCUT2D eigenvalue weighted by Gasteiger charge is -2.12. The lowest BCUT2D eigenvalue weighted by molar-refractivity contribution is -0.121. The van der Waals surface area contributed by atoms with Crippen molar-refractivity contribution in [1.29, 1.82) is 0 Å². The van der Waals surface area contributed by atoms with E-state index in [1.807, 2.05) is 0 Å². The second kappa shape index (κ2) is 7.56. The summed E-state index contributed by atoms with van der Waals surface area (Å²) in [4.78, 5) is 14.0. The molecule has 1 aliphatic heterocycles. The van der Waals surface area contributed by atoms with Crippen molar-refractivity contribution in [2.24, 2.45) is 4.40 Å². The fourth-order valence-corrected chi connectivity index (χ4v) is 5.31. The summed E-state index contributed by atoms with van der Waals surface area (Å²) in [5.74, 6) is -0.918. The molecule has 1 saturated heterocycles. The Hall–Kier alpha value is -2.23. The first kappa shape index (κ1) is 18.6. The van der Waals surface area contributed by atoms with Crippen LogP contribution in [0.2, 0.25) is 0 Å². The standard InChI is InChI=1S/C17H13FN2O3S3/c1-2-9-20-16(21)14(11-12-6-3-4-7-13(12)18)25-17(20)19-26(22,23)15-8-5-10-24-15/h2-8,10-11H,1,9H2/b14-11-,19-17-. The number of amides is 1. The number of thioether (sulfide) groups is 1. The van der Waals surface area contributed by atoms with E-state index in [1.165, 1.54) is 35.3 Å². The summed E-state index contributed by atoms with van der Waals surface area (Å²) in [6, 6.07) is 9.07. The lowest BCUT2D eigenvalue weighted by atomic mass is 10.2. The van der Waals surface area contributed by atoms with Gasteiger partial charge in [-0.15, -0.1) is 22.3 Å². The Morgan fingerprint density at radius 1 is 1.23 bits per heavy atom. The number of sulfonamides is 1. The van der Waals surface area contributed by atoms with Crippen LogP contribution in [0.15, 0.2) is 67.9 Å². The molecule has 1 aromatic heterocycles. The van der Waals surface area contributed by atoms with Crippen LogP contribution in [0.25, 0.3) is 6.08 Å². The molecule has 0 N–H and O–H groups in total. The summed E-state index contributed by atoms with van der Waals surface area (Å²) in [5.41, 5.74) is 0.240. The average Bonchev–Trinajstić information content (AvgIpc) is 3.22. The van der Waals surface area contributed by atoms with Gasteiger partial charge in [0.25, 0.3) is 15.9 Å². The summed E-state index contributed by atoms with van der Waals surface area (Å²) in [5, 5.41) is 1.65. The van der Waals surface area contributed by atoms with E-state index in [-0.39, 0.29) is 26.4 Å². The molecule has 1 amide bonds. The third kappa shape index (κ3) is 3.79. The minimum atomic E-state index is -3.92. The van der Waals surface area contributed by atoms with Gasteiger partial charge in [-0.05, 0) is 35.4 Å². The van der Waals surface area contributed by atoms with Crippen molar-refractivity contribution >= 4 is 50.3 Å². The molecule has 1 fully saturated rings. The van der Waals surface area contributed by atoms with Gasteiger partial charge in [0, 0.05) is 12.1 Å². The summed E-state index contributed by atoms with van der Waals surface area (Å²) < 4.78 is 42.5. The molecule has 0 bridgehead atoms. The molecule has 9 heteroatoms. The van der Waals surface area contributed by atoms with Crippen molar-refractivity contribution < 1.29 is 17.6 Å². The van der Waals surface area contributed by atoms with Crippen LogP contribution in [0.4, 0.5) is 4.39 Å². The first-order valence-electron chi connectivity index (χ1n) is 7.37. The Labute approximate surface area is 158 Å². The van der Waals surface area contributed by atoms with Gasteiger partial charge >= 0.3 is 0 Å². The number of halogens is 1. The summed E-state index contributed by atoms with van der Waals surface area (Å²) in [6.45, 7) is 3.67. The number of carbonyl (C=O) groups excluding carboxylic acids is 1. The maximum Gasteiger partial charge on any atom is 0.294 e. The first-order valence-corrected chi connectivity index (χ1v) is 10.5. The van der Waals surface area contributed by atoms with E-state index < -0.39 is 21.7 Å². The van der Waals surface area contributed by atoms with Crippen LogP contribution < -0.4 is 0 Å². The fraction of sp³-hybridized carbons (Fsp3) is 0.0588. The number of hydrogen-bond acceptors (Lipinski definition) is 5. The van der Waals surface area contributed by atoms with E-state index in [2.05, 4.69) is 11.0 Å². The predicted octanol–water partition coefficient (Wildman–Crippen LogP) is 3.73. The zero-order valence-corrected chi connectivity index (χ0v) is 15.8. The smallest absolute Gasteiger partial charge is 0.282 e. The number of hydrogen-bond donors (Lipinski definition) is 0. The van der Waals surface area contributed by atoms with Crippen molar-refractivity contribution in [2.75, 3.05) is 6.54 Å². The molecule has 0 radical (unpaired) electrons. The van der Waals surface area contributed by atoms with Gasteiger partial charge in [-0.25, -0.2) is 4.39 Å². The van der Waals surface area contributed by atoms with Gasteiger partial charge in [0.05, 0.1) is 4.91 Å². The number of amidine groups is 1. The van der Waals surface area contributed by atoms with Gasteiger partial charge in [0.2, 0.25) is 0 Å². The van der Waals surface area contributed by atoms with Crippen LogP contribution in [0.3, 0.4) is 0 Å². The number of thiophene rings is 1. The van der Waals surface area contributed by atoms with Gasteiger partial charge in [0.1, 0.15) is 10.0 Å². The van der Waals surface area contributed by atoms with Crippen LogP contribution >= 0.6 is 23.1 Å². The SMILES string of the molecule is C=CCN1C(=O)/C(=C/c2ccccc2F)S/C1=N\S(=O)(=O)c1cccs1. The number of benzene rings is 1. The molecule has 134 valence electrons.